The van der Waals surface area contributed by atoms with Crippen LogP contribution in [0.15, 0.2) is 42.6 Å². The Morgan fingerprint density at radius 2 is 2.00 bits per heavy atom. The summed E-state index contributed by atoms with van der Waals surface area (Å²) in [6, 6.07) is 12.7. The Hall–Kier alpha value is -1.90. The highest BCUT2D eigenvalue weighted by Gasteiger charge is 2.09. The van der Waals surface area contributed by atoms with E-state index in [4.69, 9.17) is 0 Å². The van der Waals surface area contributed by atoms with Gasteiger partial charge in [-0.3, -0.25) is 9.48 Å². The first kappa shape index (κ1) is 15.5. The molecule has 1 aromatic heterocycles. The highest BCUT2D eigenvalue weighted by Crippen LogP contribution is 2.11. The molecule has 1 atom stereocenters. The van der Waals surface area contributed by atoms with Crippen LogP contribution >= 0.6 is 0 Å². The van der Waals surface area contributed by atoms with E-state index in [1.165, 1.54) is 5.56 Å². The predicted molar refractivity (Wildman–Crippen MR) is 85.3 cm³/mol. The fourth-order valence-corrected chi connectivity index (χ4v) is 2.33. The maximum atomic E-state index is 12.0. The topological polar surface area (TPSA) is 34.9 Å². The van der Waals surface area contributed by atoms with E-state index in [0.29, 0.717) is 18.9 Å². The molecule has 0 bridgehead atoms. The minimum Gasteiger partial charge on any atom is -0.299 e. The summed E-state index contributed by atoms with van der Waals surface area (Å²) in [5, 5.41) is 4.48. The standard InChI is InChI=1S/C18H24N2O/c1-3-15(2)20-13-12-17(19-20)14-18(21)11-7-10-16-8-5-4-6-9-16/h4-6,8-9,12-13,15H,3,7,10-11,14H2,1-2H3. The molecule has 2 rings (SSSR count). The molecule has 1 unspecified atom stereocenters. The number of carbonyl (C=O) groups is 1. The van der Waals surface area contributed by atoms with Gasteiger partial charge in [0.05, 0.1) is 12.1 Å². The van der Waals surface area contributed by atoms with Crippen LogP contribution in [-0.4, -0.2) is 15.6 Å². The lowest BCUT2D eigenvalue weighted by Gasteiger charge is -2.08. The summed E-state index contributed by atoms with van der Waals surface area (Å²) in [6.45, 7) is 4.28. The second kappa shape index (κ2) is 7.77. The van der Waals surface area contributed by atoms with E-state index in [1.807, 2.05) is 35.1 Å². The number of hydrogen-bond donors (Lipinski definition) is 0. The molecule has 0 saturated carbocycles. The molecule has 2 aromatic rings. The van der Waals surface area contributed by atoms with E-state index in [-0.39, 0.29) is 5.78 Å². The smallest absolute Gasteiger partial charge is 0.138 e. The first-order valence-corrected chi connectivity index (χ1v) is 7.78. The van der Waals surface area contributed by atoms with Crippen LogP contribution in [0.2, 0.25) is 0 Å². The fraction of sp³-hybridized carbons (Fsp3) is 0.444. The molecule has 0 saturated heterocycles. The molecule has 0 N–H and O–H groups in total. The van der Waals surface area contributed by atoms with Crippen molar-refractivity contribution in [3.05, 3.63) is 53.9 Å². The Labute approximate surface area is 127 Å². The molecule has 0 amide bonds. The highest BCUT2D eigenvalue weighted by atomic mass is 16.1. The van der Waals surface area contributed by atoms with Crippen LogP contribution in [0.5, 0.6) is 0 Å². The Kier molecular flexibility index (Phi) is 5.73. The minimum absolute atomic E-state index is 0.278. The summed E-state index contributed by atoms with van der Waals surface area (Å²) < 4.78 is 1.95. The fourth-order valence-electron chi connectivity index (χ4n) is 2.33. The summed E-state index contributed by atoms with van der Waals surface area (Å²) in [5.74, 6) is 0.278. The number of hydrogen-bond acceptors (Lipinski definition) is 2. The predicted octanol–water partition coefficient (Wildman–Crippen LogP) is 3.99. The second-order valence-corrected chi connectivity index (χ2v) is 5.60. The Morgan fingerprint density at radius 1 is 1.24 bits per heavy atom. The minimum atomic E-state index is 0.278. The SMILES string of the molecule is CCC(C)n1ccc(CC(=O)CCCc2ccccc2)n1. The maximum absolute atomic E-state index is 12.0. The van der Waals surface area contributed by atoms with E-state index in [2.05, 4.69) is 31.1 Å². The van der Waals surface area contributed by atoms with Crippen molar-refractivity contribution in [3.8, 4) is 0 Å². The third kappa shape index (κ3) is 4.85. The van der Waals surface area contributed by atoms with Crippen molar-refractivity contribution < 1.29 is 4.79 Å². The van der Waals surface area contributed by atoms with Gasteiger partial charge in [0, 0.05) is 18.7 Å². The lowest BCUT2D eigenvalue weighted by molar-refractivity contribution is -0.118. The van der Waals surface area contributed by atoms with Crippen LogP contribution < -0.4 is 0 Å². The summed E-state index contributed by atoms with van der Waals surface area (Å²) in [5.41, 5.74) is 2.19. The van der Waals surface area contributed by atoms with Gasteiger partial charge in [0.25, 0.3) is 0 Å². The number of carbonyl (C=O) groups excluding carboxylic acids is 1. The van der Waals surface area contributed by atoms with E-state index in [1.54, 1.807) is 0 Å². The van der Waals surface area contributed by atoms with Gasteiger partial charge < -0.3 is 0 Å². The zero-order valence-electron chi connectivity index (χ0n) is 13.0. The Balaban J connectivity index is 1.75. The van der Waals surface area contributed by atoms with Crippen LogP contribution in [0.3, 0.4) is 0 Å². The number of aromatic nitrogens is 2. The number of aryl methyl sites for hydroxylation is 1. The van der Waals surface area contributed by atoms with Gasteiger partial charge >= 0.3 is 0 Å². The zero-order valence-corrected chi connectivity index (χ0v) is 13.0. The van der Waals surface area contributed by atoms with Gasteiger partial charge in [0.1, 0.15) is 5.78 Å². The summed E-state index contributed by atoms with van der Waals surface area (Å²) >= 11 is 0. The van der Waals surface area contributed by atoms with Gasteiger partial charge in [0.15, 0.2) is 0 Å². The van der Waals surface area contributed by atoms with Gasteiger partial charge in [0.2, 0.25) is 0 Å². The quantitative estimate of drug-likeness (QED) is 0.734. The highest BCUT2D eigenvalue weighted by molar-refractivity contribution is 5.80. The molecule has 0 radical (unpaired) electrons. The average Bonchev–Trinajstić information content (AvgIpc) is 2.96. The van der Waals surface area contributed by atoms with Crippen LogP contribution in [0.1, 0.15) is 50.4 Å². The van der Waals surface area contributed by atoms with Crippen LogP contribution in [0.4, 0.5) is 0 Å². The normalized spacial score (nSPS) is 12.3. The van der Waals surface area contributed by atoms with Crippen molar-refractivity contribution in [3.63, 3.8) is 0 Å². The van der Waals surface area contributed by atoms with Crippen molar-refractivity contribution in [2.75, 3.05) is 0 Å². The van der Waals surface area contributed by atoms with Gasteiger partial charge in [-0.1, -0.05) is 37.3 Å². The number of benzene rings is 1. The van der Waals surface area contributed by atoms with E-state index >= 15 is 0 Å². The van der Waals surface area contributed by atoms with Gasteiger partial charge in [-0.2, -0.15) is 5.10 Å². The van der Waals surface area contributed by atoms with Crippen molar-refractivity contribution in [2.45, 2.75) is 52.0 Å². The molecule has 0 aliphatic heterocycles. The molecule has 3 heteroatoms. The number of nitrogens with zero attached hydrogens (tertiary/aromatic N) is 2. The first-order chi connectivity index (χ1) is 10.2. The van der Waals surface area contributed by atoms with Crippen LogP contribution in [0.25, 0.3) is 0 Å². The molecule has 112 valence electrons. The maximum Gasteiger partial charge on any atom is 0.138 e. The van der Waals surface area contributed by atoms with Gasteiger partial charge in [-0.05, 0) is 37.8 Å². The second-order valence-electron chi connectivity index (χ2n) is 5.60. The summed E-state index contributed by atoms with van der Waals surface area (Å²) in [6.07, 6.45) is 5.99. The lowest BCUT2D eigenvalue weighted by Crippen LogP contribution is -2.07. The van der Waals surface area contributed by atoms with E-state index in [0.717, 1.165) is 25.0 Å². The van der Waals surface area contributed by atoms with Crippen molar-refractivity contribution >= 4 is 5.78 Å². The molecular formula is C18H24N2O. The molecule has 1 aromatic carbocycles. The first-order valence-electron chi connectivity index (χ1n) is 7.78. The third-order valence-electron chi connectivity index (χ3n) is 3.85. The Morgan fingerprint density at radius 3 is 2.71 bits per heavy atom. The number of ketones is 1. The van der Waals surface area contributed by atoms with Gasteiger partial charge in [-0.15, -0.1) is 0 Å². The van der Waals surface area contributed by atoms with Crippen molar-refractivity contribution in [2.24, 2.45) is 0 Å². The molecule has 0 spiro atoms. The van der Waals surface area contributed by atoms with Crippen LogP contribution in [-0.2, 0) is 17.6 Å². The van der Waals surface area contributed by atoms with Crippen LogP contribution in [0, 0.1) is 0 Å². The number of Topliss-reactive ketones (excluding diaryl/α,β-unsaturated/α-hetero) is 1. The molecule has 0 aliphatic rings. The monoisotopic (exact) mass is 284 g/mol. The summed E-state index contributed by atoms with van der Waals surface area (Å²) in [4.78, 5) is 12.0. The third-order valence-corrected chi connectivity index (χ3v) is 3.85. The van der Waals surface area contributed by atoms with E-state index in [9.17, 15) is 4.79 Å². The van der Waals surface area contributed by atoms with Crippen molar-refractivity contribution in [1.82, 2.24) is 9.78 Å². The van der Waals surface area contributed by atoms with Gasteiger partial charge in [-0.25, -0.2) is 0 Å². The largest absolute Gasteiger partial charge is 0.299 e. The Bertz CT molecular complexity index is 560. The lowest BCUT2D eigenvalue weighted by atomic mass is 10.0. The molecular weight excluding hydrogens is 260 g/mol. The average molecular weight is 284 g/mol. The molecule has 0 aliphatic carbocycles. The zero-order chi connectivity index (χ0) is 15.1. The molecule has 1 heterocycles. The number of rotatable bonds is 8. The molecule has 0 fully saturated rings. The molecule has 21 heavy (non-hydrogen) atoms. The van der Waals surface area contributed by atoms with Crippen molar-refractivity contribution in [1.29, 1.82) is 0 Å². The summed E-state index contributed by atoms with van der Waals surface area (Å²) in [7, 11) is 0. The van der Waals surface area contributed by atoms with E-state index < -0.39 is 0 Å². The molecule has 3 nitrogen and oxygen atoms in total.